The number of sulfonamides is 1. The smallest absolute Gasteiger partial charge is 0.359 e. The topological polar surface area (TPSA) is 88.6 Å². The number of carbonyl (C=O) groups excluding carboxylic acids is 1. The van der Waals surface area contributed by atoms with Gasteiger partial charge in [0.15, 0.2) is 5.69 Å². The number of rotatable bonds is 4. The van der Waals surface area contributed by atoms with E-state index >= 15 is 0 Å². The second-order valence-corrected chi connectivity index (χ2v) is 7.05. The summed E-state index contributed by atoms with van der Waals surface area (Å²) in [6.45, 7) is 0.853. The molecule has 1 aliphatic rings. The molecule has 1 aromatic heterocycles. The lowest BCUT2D eigenvalue weighted by Gasteiger charge is -2.31. The monoisotopic (exact) mass is 319 g/mol. The highest BCUT2D eigenvalue weighted by Gasteiger charge is 2.34. The van der Waals surface area contributed by atoms with Gasteiger partial charge in [-0.1, -0.05) is 0 Å². The second-order valence-electron chi connectivity index (χ2n) is 4.51. The number of carbonyl (C=O) groups is 1. The van der Waals surface area contributed by atoms with E-state index in [1.54, 1.807) is 0 Å². The Bertz CT molecular complexity index is 584. The van der Waals surface area contributed by atoms with Crippen LogP contribution in [0.5, 0.6) is 0 Å². The van der Waals surface area contributed by atoms with Crippen molar-refractivity contribution in [2.45, 2.75) is 23.8 Å². The lowest BCUT2D eigenvalue weighted by atomic mass is 10.1. The van der Waals surface area contributed by atoms with E-state index < -0.39 is 16.0 Å². The first-order valence-corrected chi connectivity index (χ1v) is 8.48. The maximum Gasteiger partial charge on any atom is 0.359 e. The van der Waals surface area contributed by atoms with Gasteiger partial charge in [-0.15, -0.1) is 0 Å². The van der Waals surface area contributed by atoms with Crippen molar-refractivity contribution in [2.75, 3.05) is 27.2 Å². The molecule has 0 bridgehead atoms. The molecule has 20 heavy (non-hydrogen) atoms. The molecule has 0 amide bonds. The normalized spacial score (nSPS) is 20.8. The summed E-state index contributed by atoms with van der Waals surface area (Å²) in [7, 11) is -0.690. The Kier molecular flexibility index (Phi) is 4.74. The average molecular weight is 319 g/mol. The summed E-state index contributed by atoms with van der Waals surface area (Å²) < 4.78 is 35.0. The fraction of sp³-hybridized carbons (Fsp3) is 0.636. The molecule has 0 radical (unpaired) electrons. The van der Waals surface area contributed by atoms with Crippen LogP contribution in [0.25, 0.3) is 0 Å². The van der Waals surface area contributed by atoms with Crippen LogP contribution < -0.4 is 5.32 Å². The summed E-state index contributed by atoms with van der Waals surface area (Å²) in [5, 5.41) is 4.47. The van der Waals surface area contributed by atoms with Crippen molar-refractivity contribution in [2.24, 2.45) is 0 Å². The van der Waals surface area contributed by atoms with E-state index in [-0.39, 0.29) is 16.6 Å². The minimum absolute atomic E-state index is 0.0638. The molecule has 9 heteroatoms. The third-order valence-corrected chi connectivity index (χ3v) is 5.98. The zero-order valence-corrected chi connectivity index (χ0v) is 13.0. The molecular formula is C11H17N3O4S2. The van der Waals surface area contributed by atoms with Crippen molar-refractivity contribution in [3.05, 3.63) is 11.1 Å². The maximum atomic E-state index is 12.6. The lowest BCUT2D eigenvalue weighted by Crippen LogP contribution is -2.47. The molecule has 0 saturated carbocycles. The van der Waals surface area contributed by atoms with E-state index in [0.717, 1.165) is 24.4 Å². The molecule has 1 unspecified atom stereocenters. The Balaban J connectivity index is 2.31. The number of ether oxygens (including phenoxy) is 1. The van der Waals surface area contributed by atoms with Crippen molar-refractivity contribution in [3.8, 4) is 0 Å². The number of methoxy groups -OCH3 is 1. The Labute approximate surface area is 122 Å². The van der Waals surface area contributed by atoms with Crippen LogP contribution in [0.2, 0.25) is 0 Å². The average Bonchev–Trinajstić information content (AvgIpc) is 2.96. The van der Waals surface area contributed by atoms with Crippen LogP contribution in [0.4, 0.5) is 0 Å². The van der Waals surface area contributed by atoms with E-state index in [0.29, 0.717) is 13.1 Å². The number of likely N-dealkylation sites (N-methyl/N-ethyl adjacent to an activating group) is 1. The molecule has 2 rings (SSSR count). The van der Waals surface area contributed by atoms with Gasteiger partial charge in [0.2, 0.25) is 10.0 Å². The zero-order chi connectivity index (χ0) is 14.8. The first-order valence-electron chi connectivity index (χ1n) is 6.20. The Morgan fingerprint density at radius 3 is 3.00 bits per heavy atom. The van der Waals surface area contributed by atoms with Crippen molar-refractivity contribution in [3.63, 3.8) is 0 Å². The van der Waals surface area contributed by atoms with Crippen LogP contribution in [-0.4, -0.2) is 56.4 Å². The summed E-state index contributed by atoms with van der Waals surface area (Å²) in [6.07, 6.45) is 1.73. The van der Waals surface area contributed by atoms with Gasteiger partial charge < -0.3 is 10.1 Å². The summed E-state index contributed by atoms with van der Waals surface area (Å²) in [5.74, 6) is -0.730. The van der Waals surface area contributed by atoms with Gasteiger partial charge in [0.1, 0.15) is 4.90 Å². The number of hydrogen-bond acceptors (Lipinski definition) is 7. The van der Waals surface area contributed by atoms with E-state index in [4.69, 9.17) is 0 Å². The molecule has 1 aliphatic heterocycles. The number of aromatic nitrogens is 1. The molecule has 7 nitrogen and oxygen atoms in total. The third kappa shape index (κ3) is 2.85. The molecule has 0 aromatic carbocycles. The van der Waals surface area contributed by atoms with Gasteiger partial charge in [-0.05, 0) is 31.4 Å². The quantitative estimate of drug-likeness (QED) is 0.803. The van der Waals surface area contributed by atoms with Gasteiger partial charge >= 0.3 is 5.97 Å². The van der Waals surface area contributed by atoms with Gasteiger partial charge in [0, 0.05) is 24.5 Å². The molecule has 0 aliphatic carbocycles. The highest BCUT2D eigenvalue weighted by atomic mass is 32.2. The number of piperidine rings is 1. The lowest BCUT2D eigenvalue weighted by molar-refractivity contribution is 0.0590. The molecule has 1 N–H and O–H groups in total. The van der Waals surface area contributed by atoms with Crippen LogP contribution >= 0.6 is 11.5 Å². The number of hydrogen-bond donors (Lipinski definition) is 1. The number of nitrogens with zero attached hydrogens (tertiary/aromatic N) is 2. The predicted molar refractivity (Wildman–Crippen MR) is 74.3 cm³/mol. The van der Waals surface area contributed by atoms with Crippen molar-refractivity contribution >= 4 is 27.5 Å². The van der Waals surface area contributed by atoms with E-state index in [9.17, 15) is 13.2 Å². The van der Waals surface area contributed by atoms with E-state index in [1.165, 1.54) is 16.8 Å². The highest BCUT2D eigenvalue weighted by molar-refractivity contribution is 7.89. The summed E-state index contributed by atoms with van der Waals surface area (Å²) in [5.41, 5.74) is -0.135. The van der Waals surface area contributed by atoms with Crippen LogP contribution in [-0.2, 0) is 14.8 Å². The predicted octanol–water partition coefficient (Wildman–Crippen LogP) is 0.302. The first-order chi connectivity index (χ1) is 9.50. The van der Waals surface area contributed by atoms with Gasteiger partial charge in [-0.25, -0.2) is 13.2 Å². The van der Waals surface area contributed by atoms with Gasteiger partial charge in [0.05, 0.1) is 7.11 Å². The molecule has 1 fully saturated rings. The summed E-state index contributed by atoms with van der Waals surface area (Å²) in [4.78, 5) is 11.5. The van der Waals surface area contributed by atoms with Crippen molar-refractivity contribution < 1.29 is 17.9 Å². The number of esters is 1. The van der Waals surface area contributed by atoms with Gasteiger partial charge in [0.25, 0.3) is 0 Å². The first kappa shape index (κ1) is 15.4. The zero-order valence-electron chi connectivity index (χ0n) is 11.3. The van der Waals surface area contributed by atoms with Crippen LogP contribution in [0.1, 0.15) is 23.3 Å². The van der Waals surface area contributed by atoms with Gasteiger partial charge in [-0.3, -0.25) is 0 Å². The molecule has 0 spiro atoms. The third-order valence-electron chi connectivity index (χ3n) is 3.33. The largest absolute Gasteiger partial charge is 0.464 e. The van der Waals surface area contributed by atoms with Crippen molar-refractivity contribution in [1.29, 1.82) is 0 Å². The minimum atomic E-state index is -3.71. The maximum absolute atomic E-state index is 12.6. The Morgan fingerprint density at radius 2 is 2.35 bits per heavy atom. The molecule has 1 saturated heterocycles. The molecular weight excluding hydrogens is 302 g/mol. The second kappa shape index (κ2) is 6.17. The molecule has 112 valence electrons. The Hall–Kier alpha value is -1.03. The van der Waals surface area contributed by atoms with Gasteiger partial charge in [-0.2, -0.15) is 8.68 Å². The standard InChI is InChI=1S/C11H17N3O4S2/c1-12-8-4-3-5-14(6-8)20(16,17)9-7-19-13-10(9)11(15)18-2/h7-8,12H,3-6H2,1-2H3. The van der Waals surface area contributed by atoms with Crippen LogP contribution in [0.15, 0.2) is 10.3 Å². The fourth-order valence-corrected chi connectivity index (χ4v) is 4.79. The molecule has 1 aromatic rings. The number of nitrogens with one attached hydrogen (secondary N) is 1. The van der Waals surface area contributed by atoms with E-state index in [2.05, 4.69) is 14.4 Å². The van der Waals surface area contributed by atoms with Crippen LogP contribution in [0.3, 0.4) is 0 Å². The van der Waals surface area contributed by atoms with E-state index in [1.807, 2.05) is 7.05 Å². The molecule has 1 atom stereocenters. The minimum Gasteiger partial charge on any atom is -0.464 e. The van der Waals surface area contributed by atoms with Crippen molar-refractivity contribution in [1.82, 2.24) is 14.0 Å². The highest BCUT2D eigenvalue weighted by Crippen LogP contribution is 2.25. The van der Waals surface area contributed by atoms with Crippen LogP contribution in [0, 0.1) is 0 Å². The fourth-order valence-electron chi connectivity index (χ4n) is 2.18. The Morgan fingerprint density at radius 1 is 1.60 bits per heavy atom. The SMILES string of the molecule is CNC1CCCN(S(=O)(=O)c2csnc2C(=O)OC)C1. The summed E-state index contributed by atoms with van der Waals surface area (Å²) >= 11 is 0.935. The summed E-state index contributed by atoms with van der Waals surface area (Å²) in [6, 6.07) is 0.131. The molecule has 2 heterocycles.